The van der Waals surface area contributed by atoms with Gasteiger partial charge >= 0.3 is 0 Å². The third-order valence-corrected chi connectivity index (χ3v) is 5.60. The van der Waals surface area contributed by atoms with Crippen LogP contribution in [0.3, 0.4) is 0 Å². The fourth-order valence-electron chi connectivity index (χ4n) is 2.39. The first kappa shape index (κ1) is 19.2. The summed E-state index contributed by atoms with van der Waals surface area (Å²) in [6.45, 7) is 6.14. The molecule has 1 heterocycles. The lowest BCUT2D eigenvalue weighted by molar-refractivity contribution is 0.254. The van der Waals surface area contributed by atoms with Crippen LogP contribution in [0.4, 0.5) is 0 Å². The van der Waals surface area contributed by atoms with E-state index in [0.29, 0.717) is 0 Å². The molecule has 0 radical (unpaired) electrons. The minimum atomic E-state index is -3.54. The first-order chi connectivity index (χ1) is 9.79. The maximum absolute atomic E-state index is 12.4. The zero-order valence-corrected chi connectivity index (χ0v) is 14.9. The Balaban J connectivity index is 0.00000242. The second-order valence-electron chi connectivity index (χ2n) is 5.80. The summed E-state index contributed by atoms with van der Waals surface area (Å²) in [5.74, 6) is 0.775. The standard InChI is InChI=1S/C15H24N2O3S.ClH/c1-4-15(16,5-2)10-17-21(18,19)13-6-7-14-12(9-13)8-11(3)20-14;/h6-7,9,11,17H,4-5,8,10,16H2,1-3H3;1H. The van der Waals surface area contributed by atoms with Crippen molar-refractivity contribution in [1.82, 2.24) is 4.72 Å². The molecule has 0 spiro atoms. The van der Waals surface area contributed by atoms with Gasteiger partial charge in [0, 0.05) is 18.5 Å². The van der Waals surface area contributed by atoms with Crippen molar-refractivity contribution < 1.29 is 13.2 Å². The second kappa shape index (κ2) is 7.17. The zero-order valence-electron chi connectivity index (χ0n) is 13.3. The second-order valence-corrected chi connectivity index (χ2v) is 7.56. The molecule has 5 nitrogen and oxygen atoms in total. The summed E-state index contributed by atoms with van der Waals surface area (Å²) in [4.78, 5) is 0.272. The van der Waals surface area contributed by atoms with Gasteiger partial charge in [-0.1, -0.05) is 13.8 Å². The highest BCUT2D eigenvalue weighted by Gasteiger charge is 2.26. The van der Waals surface area contributed by atoms with E-state index in [2.05, 4.69) is 4.72 Å². The zero-order chi connectivity index (χ0) is 15.7. The van der Waals surface area contributed by atoms with Gasteiger partial charge in [-0.3, -0.25) is 0 Å². The molecule has 1 unspecified atom stereocenters. The topological polar surface area (TPSA) is 81.4 Å². The highest BCUT2D eigenvalue weighted by Crippen LogP contribution is 2.30. The van der Waals surface area contributed by atoms with Gasteiger partial charge in [0.2, 0.25) is 10.0 Å². The van der Waals surface area contributed by atoms with Crippen molar-refractivity contribution in [2.24, 2.45) is 5.73 Å². The van der Waals surface area contributed by atoms with Gasteiger partial charge in [0.25, 0.3) is 0 Å². The van der Waals surface area contributed by atoms with E-state index >= 15 is 0 Å². The van der Waals surface area contributed by atoms with Crippen LogP contribution >= 0.6 is 12.4 Å². The van der Waals surface area contributed by atoms with Gasteiger partial charge in [-0.15, -0.1) is 12.4 Å². The molecule has 3 N–H and O–H groups in total. The number of hydrogen-bond donors (Lipinski definition) is 2. The molecule has 0 saturated heterocycles. The predicted octanol–water partition coefficient (Wildman–Crippen LogP) is 2.23. The number of ether oxygens (including phenoxy) is 1. The van der Waals surface area contributed by atoms with Crippen LogP contribution in [0.15, 0.2) is 23.1 Å². The average Bonchev–Trinajstić information content (AvgIpc) is 2.84. The molecule has 0 fully saturated rings. The Bertz CT molecular complexity index is 615. The smallest absolute Gasteiger partial charge is 0.240 e. The molecule has 0 bridgehead atoms. The van der Waals surface area contributed by atoms with Crippen LogP contribution in [-0.4, -0.2) is 26.6 Å². The Hall–Kier alpha value is -0.820. The molecule has 1 aromatic rings. The van der Waals surface area contributed by atoms with Crippen molar-refractivity contribution in [2.45, 2.75) is 56.6 Å². The Morgan fingerprint density at radius 1 is 1.36 bits per heavy atom. The summed E-state index contributed by atoms with van der Waals surface area (Å²) in [6.07, 6.45) is 2.29. The van der Waals surface area contributed by atoms with Gasteiger partial charge in [0.1, 0.15) is 11.9 Å². The molecular formula is C15H25ClN2O3S. The largest absolute Gasteiger partial charge is 0.490 e. The Kier molecular flexibility index (Phi) is 6.27. The summed E-state index contributed by atoms with van der Waals surface area (Å²) >= 11 is 0. The highest BCUT2D eigenvalue weighted by molar-refractivity contribution is 7.89. The lowest BCUT2D eigenvalue weighted by Crippen LogP contribution is -2.49. The van der Waals surface area contributed by atoms with Crippen LogP contribution in [0.1, 0.15) is 39.2 Å². The highest BCUT2D eigenvalue weighted by atomic mass is 35.5. The van der Waals surface area contributed by atoms with Gasteiger partial charge in [0.05, 0.1) is 4.90 Å². The van der Waals surface area contributed by atoms with Gasteiger partial charge < -0.3 is 10.5 Å². The van der Waals surface area contributed by atoms with Gasteiger partial charge in [-0.25, -0.2) is 13.1 Å². The third-order valence-electron chi connectivity index (χ3n) is 4.20. The lowest BCUT2D eigenvalue weighted by Gasteiger charge is -2.26. The molecule has 0 amide bonds. The lowest BCUT2D eigenvalue weighted by atomic mass is 9.95. The van der Waals surface area contributed by atoms with Crippen molar-refractivity contribution in [3.05, 3.63) is 23.8 Å². The number of rotatable bonds is 6. The maximum atomic E-state index is 12.4. The molecular weight excluding hydrogens is 324 g/mol. The van der Waals surface area contributed by atoms with Crippen molar-refractivity contribution in [1.29, 1.82) is 0 Å². The number of halogens is 1. The van der Waals surface area contributed by atoms with Gasteiger partial charge in [-0.2, -0.15) is 0 Å². The number of fused-ring (bicyclic) bond motifs is 1. The number of benzene rings is 1. The Morgan fingerprint density at radius 3 is 2.59 bits per heavy atom. The van der Waals surface area contributed by atoms with E-state index in [0.717, 1.165) is 30.6 Å². The van der Waals surface area contributed by atoms with E-state index in [1.807, 2.05) is 20.8 Å². The SMILES string of the molecule is CCC(N)(CC)CNS(=O)(=O)c1ccc2c(c1)CC(C)O2.Cl. The van der Waals surface area contributed by atoms with Gasteiger partial charge in [0.15, 0.2) is 0 Å². The number of nitrogens with one attached hydrogen (secondary N) is 1. The number of hydrogen-bond acceptors (Lipinski definition) is 4. The summed E-state index contributed by atoms with van der Waals surface area (Å²) in [6, 6.07) is 5.00. The van der Waals surface area contributed by atoms with Crippen LogP contribution in [-0.2, 0) is 16.4 Å². The van der Waals surface area contributed by atoms with Crippen molar-refractivity contribution in [2.75, 3.05) is 6.54 Å². The van der Waals surface area contributed by atoms with Crippen LogP contribution in [0.5, 0.6) is 5.75 Å². The maximum Gasteiger partial charge on any atom is 0.240 e. The Morgan fingerprint density at radius 2 is 2.00 bits per heavy atom. The van der Waals surface area contributed by atoms with E-state index in [1.54, 1.807) is 18.2 Å². The van der Waals surface area contributed by atoms with Crippen molar-refractivity contribution in [3.8, 4) is 5.75 Å². The van der Waals surface area contributed by atoms with E-state index < -0.39 is 15.6 Å². The molecule has 0 aromatic heterocycles. The average molecular weight is 349 g/mol. The minimum absolute atomic E-state index is 0. The van der Waals surface area contributed by atoms with E-state index in [1.165, 1.54) is 0 Å². The van der Waals surface area contributed by atoms with Crippen LogP contribution in [0.2, 0.25) is 0 Å². The quantitative estimate of drug-likeness (QED) is 0.826. The number of nitrogens with two attached hydrogens (primary N) is 1. The molecule has 0 saturated carbocycles. The summed E-state index contributed by atoms with van der Waals surface area (Å²) in [5.41, 5.74) is 6.58. The minimum Gasteiger partial charge on any atom is -0.490 e. The van der Waals surface area contributed by atoms with Crippen LogP contribution in [0.25, 0.3) is 0 Å². The van der Waals surface area contributed by atoms with Crippen LogP contribution < -0.4 is 15.2 Å². The molecule has 2 rings (SSSR count). The fraction of sp³-hybridized carbons (Fsp3) is 0.600. The van der Waals surface area contributed by atoms with E-state index in [4.69, 9.17) is 10.5 Å². The fourth-order valence-corrected chi connectivity index (χ4v) is 3.58. The van der Waals surface area contributed by atoms with Gasteiger partial charge in [-0.05, 0) is 43.5 Å². The summed E-state index contributed by atoms with van der Waals surface area (Å²) < 4.78 is 33.0. The molecule has 126 valence electrons. The first-order valence-corrected chi connectivity index (χ1v) is 8.86. The molecule has 7 heteroatoms. The normalized spacial score (nSPS) is 17.5. The molecule has 1 aliphatic heterocycles. The monoisotopic (exact) mass is 348 g/mol. The molecule has 1 aromatic carbocycles. The van der Waals surface area contributed by atoms with E-state index in [-0.39, 0.29) is 30.0 Å². The first-order valence-electron chi connectivity index (χ1n) is 7.38. The van der Waals surface area contributed by atoms with Crippen molar-refractivity contribution >= 4 is 22.4 Å². The predicted molar refractivity (Wildman–Crippen MR) is 90.2 cm³/mol. The van der Waals surface area contributed by atoms with E-state index in [9.17, 15) is 8.42 Å². The van der Waals surface area contributed by atoms with Crippen molar-refractivity contribution in [3.63, 3.8) is 0 Å². The molecule has 22 heavy (non-hydrogen) atoms. The summed E-state index contributed by atoms with van der Waals surface area (Å²) in [5, 5.41) is 0. The Labute approximate surface area is 139 Å². The van der Waals surface area contributed by atoms with Crippen LogP contribution in [0, 0.1) is 0 Å². The number of sulfonamides is 1. The summed E-state index contributed by atoms with van der Waals surface area (Å²) in [7, 11) is -3.54. The molecule has 0 aliphatic carbocycles. The molecule has 1 atom stereocenters. The third kappa shape index (κ3) is 4.13. The molecule has 1 aliphatic rings.